The lowest BCUT2D eigenvalue weighted by Gasteiger charge is -2.11. The fraction of sp³-hybridized carbons (Fsp3) is 0.500. The summed E-state index contributed by atoms with van der Waals surface area (Å²) < 4.78 is 43.8. The molecule has 108 valence electrons. The van der Waals surface area contributed by atoms with E-state index in [1.165, 1.54) is 0 Å². The summed E-state index contributed by atoms with van der Waals surface area (Å²) in [5.41, 5.74) is 6.60. The van der Waals surface area contributed by atoms with Gasteiger partial charge in [0.2, 0.25) is 0 Å². The summed E-state index contributed by atoms with van der Waals surface area (Å²) in [6, 6.07) is 5.07. The van der Waals surface area contributed by atoms with Gasteiger partial charge >= 0.3 is 6.36 Å². The molecule has 0 aromatic heterocycles. The zero-order valence-electron chi connectivity index (χ0n) is 10.3. The van der Waals surface area contributed by atoms with Crippen LogP contribution in [0.15, 0.2) is 18.2 Å². The van der Waals surface area contributed by atoms with Crippen molar-refractivity contribution in [3.63, 3.8) is 0 Å². The molecule has 0 saturated heterocycles. The van der Waals surface area contributed by atoms with E-state index in [-0.39, 0.29) is 12.6 Å². The third-order valence-corrected chi connectivity index (χ3v) is 2.46. The topological polar surface area (TPSA) is 44.5 Å². The van der Waals surface area contributed by atoms with E-state index in [0.29, 0.717) is 17.2 Å². The van der Waals surface area contributed by atoms with Gasteiger partial charge in [0.25, 0.3) is 0 Å². The van der Waals surface area contributed by atoms with Gasteiger partial charge in [0.15, 0.2) is 0 Å². The first-order valence-electron chi connectivity index (χ1n) is 5.65. The van der Waals surface area contributed by atoms with Crippen molar-refractivity contribution < 1.29 is 22.6 Å². The summed E-state index contributed by atoms with van der Waals surface area (Å²) in [5.74, 6) is 0.320. The van der Waals surface area contributed by atoms with Gasteiger partial charge in [-0.15, -0.1) is 13.2 Å². The molecule has 0 fully saturated rings. The molecule has 1 unspecified atom stereocenters. The Kier molecular flexibility index (Phi) is 5.90. The van der Waals surface area contributed by atoms with E-state index in [4.69, 9.17) is 22.1 Å². The Balaban J connectivity index is 2.46. The molecule has 0 aliphatic carbocycles. The SMILES string of the molecule is CC(N)Cc1ccc(OCCOC(F)(F)F)c(Cl)c1. The van der Waals surface area contributed by atoms with Crippen LogP contribution in [0.1, 0.15) is 12.5 Å². The molecule has 0 aliphatic rings. The van der Waals surface area contributed by atoms with Crippen molar-refractivity contribution in [2.75, 3.05) is 13.2 Å². The Morgan fingerprint density at radius 3 is 2.53 bits per heavy atom. The molecule has 1 atom stereocenters. The molecule has 0 bridgehead atoms. The van der Waals surface area contributed by atoms with Crippen molar-refractivity contribution in [1.29, 1.82) is 0 Å². The first-order valence-corrected chi connectivity index (χ1v) is 6.03. The van der Waals surface area contributed by atoms with Crippen molar-refractivity contribution in [3.8, 4) is 5.75 Å². The summed E-state index contributed by atoms with van der Waals surface area (Å²) in [6.07, 6.45) is -3.98. The van der Waals surface area contributed by atoms with Crippen molar-refractivity contribution in [3.05, 3.63) is 28.8 Å². The third kappa shape index (κ3) is 6.66. The van der Waals surface area contributed by atoms with Gasteiger partial charge < -0.3 is 10.5 Å². The minimum absolute atomic E-state index is 0.00280. The lowest BCUT2D eigenvalue weighted by Crippen LogP contribution is -2.18. The number of alkyl halides is 3. The van der Waals surface area contributed by atoms with Gasteiger partial charge in [-0.25, -0.2) is 0 Å². The van der Waals surface area contributed by atoms with Crippen LogP contribution >= 0.6 is 11.6 Å². The van der Waals surface area contributed by atoms with Gasteiger partial charge in [0.1, 0.15) is 12.4 Å². The lowest BCUT2D eigenvalue weighted by atomic mass is 10.1. The van der Waals surface area contributed by atoms with Crippen LogP contribution in [0.2, 0.25) is 5.02 Å². The highest BCUT2D eigenvalue weighted by atomic mass is 35.5. The second-order valence-corrected chi connectivity index (χ2v) is 4.50. The van der Waals surface area contributed by atoms with Crippen molar-refractivity contribution in [2.24, 2.45) is 5.73 Å². The Bertz CT molecular complexity index is 410. The second-order valence-electron chi connectivity index (χ2n) is 4.09. The standard InChI is InChI=1S/C12H15ClF3NO2/c1-8(17)6-9-2-3-11(10(13)7-9)18-4-5-19-12(14,15)16/h2-3,7-8H,4-6,17H2,1H3. The predicted octanol–water partition coefficient (Wildman–Crippen LogP) is 3.14. The van der Waals surface area contributed by atoms with Gasteiger partial charge in [-0.05, 0) is 31.0 Å². The molecule has 1 rings (SSSR count). The highest BCUT2D eigenvalue weighted by Crippen LogP contribution is 2.26. The second kappa shape index (κ2) is 6.98. The van der Waals surface area contributed by atoms with Crippen LogP contribution in [0.3, 0.4) is 0 Å². The van der Waals surface area contributed by atoms with E-state index in [1.807, 2.05) is 6.92 Å². The molecule has 0 heterocycles. The quantitative estimate of drug-likeness (QED) is 0.820. The third-order valence-electron chi connectivity index (χ3n) is 2.16. The first-order chi connectivity index (χ1) is 8.78. The Morgan fingerprint density at radius 2 is 2.00 bits per heavy atom. The van der Waals surface area contributed by atoms with E-state index >= 15 is 0 Å². The Labute approximate surface area is 114 Å². The summed E-state index contributed by atoms with van der Waals surface area (Å²) >= 11 is 5.95. The highest BCUT2D eigenvalue weighted by Gasteiger charge is 2.28. The van der Waals surface area contributed by atoms with E-state index in [1.54, 1.807) is 18.2 Å². The normalized spacial score (nSPS) is 13.4. The highest BCUT2D eigenvalue weighted by molar-refractivity contribution is 6.32. The number of hydrogen-bond acceptors (Lipinski definition) is 3. The predicted molar refractivity (Wildman–Crippen MR) is 66.3 cm³/mol. The van der Waals surface area contributed by atoms with Crippen molar-refractivity contribution in [1.82, 2.24) is 0 Å². The van der Waals surface area contributed by atoms with Crippen LogP contribution in [0, 0.1) is 0 Å². The summed E-state index contributed by atoms with van der Waals surface area (Å²) in [7, 11) is 0. The minimum atomic E-state index is -4.64. The maximum atomic E-state index is 11.7. The van der Waals surface area contributed by atoms with Gasteiger partial charge in [0.05, 0.1) is 11.6 Å². The van der Waals surface area contributed by atoms with Gasteiger partial charge in [-0.1, -0.05) is 17.7 Å². The first kappa shape index (κ1) is 16.1. The number of hydrogen-bond donors (Lipinski definition) is 1. The van der Waals surface area contributed by atoms with Crippen LogP contribution in [0.4, 0.5) is 13.2 Å². The lowest BCUT2D eigenvalue weighted by molar-refractivity contribution is -0.325. The summed E-state index contributed by atoms with van der Waals surface area (Å²) in [5, 5.41) is 0.338. The average molecular weight is 298 g/mol. The zero-order chi connectivity index (χ0) is 14.5. The fourth-order valence-electron chi connectivity index (χ4n) is 1.47. The van der Waals surface area contributed by atoms with Gasteiger partial charge in [-0.2, -0.15) is 0 Å². The molecule has 3 nitrogen and oxygen atoms in total. The van der Waals surface area contributed by atoms with Crippen LogP contribution < -0.4 is 10.5 Å². The molecule has 0 aliphatic heterocycles. The zero-order valence-corrected chi connectivity index (χ0v) is 11.1. The van der Waals surface area contributed by atoms with Crippen LogP contribution in [0.5, 0.6) is 5.75 Å². The van der Waals surface area contributed by atoms with Crippen molar-refractivity contribution in [2.45, 2.75) is 25.7 Å². The number of rotatable bonds is 6. The molecule has 1 aromatic rings. The van der Waals surface area contributed by atoms with E-state index in [2.05, 4.69) is 4.74 Å². The number of ether oxygens (including phenoxy) is 2. The monoisotopic (exact) mass is 297 g/mol. The average Bonchev–Trinajstić information content (AvgIpc) is 2.24. The maximum Gasteiger partial charge on any atom is 0.522 e. The number of benzene rings is 1. The number of halogens is 4. The fourth-order valence-corrected chi connectivity index (χ4v) is 1.73. The van der Waals surface area contributed by atoms with E-state index in [9.17, 15) is 13.2 Å². The molecule has 7 heteroatoms. The summed E-state index contributed by atoms with van der Waals surface area (Å²) in [6.45, 7) is 1.06. The van der Waals surface area contributed by atoms with Gasteiger partial charge in [0, 0.05) is 6.04 Å². The maximum absolute atomic E-state index is 11.7. The molecular weight excluding hydrogens is 283 g/mol. The van der Waals surface area contributed by atoms with Crippen LogP contribution in [-0.4, -0.2) is 25.6 Å². The van der Waals surface area contributed by atoms with Crippen molar-refractivity contribution >= 4 is 11.6 Å². The molecule has 1 aromatic carbocycles. The summed E-state index contributed by atoms with van der Waals surface area (Å²) in [4.78, 5) is 0. The van der Waals surface area contributed by atoms with E-state index < -0.39 is 13.0 Å². The molecular formula is C12H15ClF3NO2. The molecule has 19 heavy (non-hydrogen) atoms. The molecule has 0 amide bonds. The van der Waals surface area contributed by atoms with E-state index in [0.717, 1.165) is 5.56 Å². The number of nitrogens with two attached hydrogens (primary N) is 1. The minimum Gasteiger partial charge on any atom is -0.490 e. The Morgan fingerprint density at radius 1 is 1.32 bits per heavy atom. The largest absolute Gasteiger partial charge is 0.522 e. The van der Waals surface area contributed by atoms with Crippen LogP contribution in [0.25, 0.3) is 0 Å². The molecule has 2 N–H and O–H groups in total. The van der Waals surface area contributed by atoms with Gasteiger partial charge in [-0.3, -0.25) is 4.74 Å². The molecule has 0 radical (unpaired) electrons. The smallest absolute Gasteiger partial charge is 0.490 e. The molecule has 0 saturated carbocycles. The van der Waals surface area contributed by atoms with Crippen LogP contribution in [-0.2, 0) is 11.2 Å². The molecule has 0 spiro atoms. The Hall–Kier alpha value is -0.980.